The van der Waals surface area contributed by atoms with Gasteiger partial charge < -0.3 is 66.1 Å². The number of carbonyl (C=O) groups excluding carboxylic acids is 5. The van der Waals surface area contributed by atoms with Gasteiger partial charge >= 0.3 is 30.2 Å². The third-order valence-corrected chi connectivity index (χ3v) is 22.9. The molecule has 0 radical (unpaired) electrons. The maximum Gasteiger partial charge on any atom is 0.317 e. The summed E-state index contributed by atoms with van der Waals surface area (Å²) in [6, 6.07) is 17.7. The average molecular weight is 1520 g/mol. The van der Waals surface area contributed by atoms with Gasteiger partial charge in [0.05, 0.1) is 20.3 Å². The zero-order valence-corrected chi connectivity index (χ0v) is 73.5. The molecule has 2 aromatic rings. The highest BCUT2D eigenvalue weighted by atomic mass is 16.5. The van der Waals surface area contributed by atoms with E-state index in [2.05, 4.69) is 162 Å². The number of rotatable bonds is 18. The number of hydrogen-bond donors (Lipinski definition) is 7. The second kappa shape index (κ2) is 44.7. The highest BCUT2D eigenvalue weighted by Crippen LogP contribution is 2.41. The molecule has 12 atom stereocenters. The smallest absolute Gasteiger partial charge is 0.317 e. The summed E-state index contributed by atoms with van der Waals surface area (Å²) >= 11 is 0. The maximum atomic E-state index is 12.4. The minimum atomic E-state index is -0.0674. The third-order valence-electron chi connectivity index (χ3n) is 22.9. The van der Waals surface area contributed by atoms with Crippen LogP contribution in [0.25, 0.3) is 0 Å². The van der Waals surface area contributed by atoms with Crippen LogP contribution < -0.4 is 46.7 Å². The molecule has 18 heteroatoms. The number of ether oxygens (including phenoxy) is 3. The molecule has 0 spiro atoms. The Bertz CT molecular complexity index is 2950. The number of urea groups is 5. The van der Waals surface area contributed by atoms with Crippen LogP contribution in [0.1, 0.15) is 309 Å². The fraction of sp³-hybridized carbons (Fsp3) is 0.813. The summed E-state index contributed by atoms with van der Waals surface area (Å²) in [7, 11) is 8.65. The Hall–Kier alpha value is -5.65. The van der Waals surface area contributed by atoms with Crippen molar-refractivity contribution >= 4 is 30.2 Å². The lowest BCUT2D eigenvalue weighted by molar-refractivity contribution is 0.103. The standard InChI is InChI=1S/C20H32N2O2.C19H30N2O2.C15H28N2O.C14H26N2O.C12H24N2O.C11H22O/c1-20(2,3)13-16-6-9-17(12-16)21-19(23)22(4)14-15-7-10-18(24-5)11-8-15;1-19(2,3)12-15-5-8-16(11-15)21-18(22)20-13-14-6-9-17(23-4)10-7-14;1-15(2,3)11-12-6-7-13(10-12)16-14(18)17-8-4-5-9-17;1-14(2,3)10-11-5-6-12(9-11)15-13(17)16-7-4-8-16;1-12(2,3)8-9-5-6-10(7-9)14-11(15)13-4;1-11(2,3)8-9-5-6-10(7-9)12-4/h7-8,10-11,16-17H,6,9,12-14H2,1-5H3,(H,21,23);6-7,9-10,15-16H,5,8,11-13H2,1-4H3,(H2,20,21,22);12-13H,4-11H2,1-3H3,(H,16,18);11-12H,4-10H2,1-3H3,(H,15,17);9-10H,5-8H2,1-4H3,(H2,13,14,15);9-10H,5-8H2,1-4H3. The number of amides is 10. The predicted molar refractivity (Wildman–Crippen MR) is 451 cm³/mol. The average Bonchev–Trinajstić information content (AvgIpc) is 1.84. The zero-order valence-electron chi connectivity index (χ0n) is 73.5. The molecular formula is C91H162N10O8. The van der Waals surface area contributed by atoms with Gasteiger partial charge in [-0.1, -0.05) is 149 Å². The van der Waals surface area contributed by atoms with Crippen LogP contribution in [0.4, 0.5) is 24.0 Å². The van der Waals surface area contributed by atoms with Gasteiger partial charge in [0.15, 0.2) is 0 Å². The van der Waals surface area contributed by atoms with Crippen molar-refractivity contribution in [3.8, 4) is 11.5 Å². The van der Waals surface area contributed by atoms with Crippen molar-refractivity contribution in [3.05, 3.63) is 59.7 Å². The topological polar surface area (TPSA) is 207 Å². The molecule has 6 aliphatic carbocycles. The molecule has 2 aliphatic heterocycles. The maximum absolute atomic E-state index is 12.4. The summed E-state index contributed by atoms with van der Waals surface area (Å²) in [5, 5.41) is 21.3. The number of methoxy groups -OCH3 is 3. The van der Waals surface area contributed by atoms with E-state index in [4.69, 9.17) is 14.2 Å². The lowest BCUT2D eigenvalue weighted by atomic mass is 9.84. The predicted octanol–water partition coefficient (Wildman–Crippen LogP) is 20.7. The van der Waals surface area contributed by atoms with Gasteiger partial charge in [0, 0.05) is 90.7 Å². The third kappa shape index (κ3) is 40.1. The number of benzene rings is 2. The van der Waals surface area contributed by atoms with Gasteiger partial charge in [0.2, 0.25) is 0 Å². The Balaban J connectivity index is 0.000000237. The van der Waals surface area contributed by atoms with Crippen molar-refractivity contribution in [1.82, 2.24) is 51.9 Å². The Kier molecular flexibility index (Phi) is 38.5. The molecule has 0 aromatic heterocycles. The Morgan fingerprint density at radius 3 is 0.991 bits per heavy atom. The van der Waals surface area contributed by atoms with E-state index in [1.807, 2.05) is 72.5 Å². The van der Waals surface area contributed by atoms with Crippen LogP contribution in [0.15, 0.2) is 48.5 Å². The van der Waals surface area contributed by atoms with Gasteiger partial charge in [-0.3, -0.25) is 0 Å². The van der Waals surface area contributed by atoms with E-state index in [-0.39, 0.29) is 30.2 Å². The molecule has 8 fully saturated rings. The van der Waals surface area contributed by atoms with Crippen molar-refractivity contribution in [2.75, 3.05) is 61.6 Å². The summed E-state index contributed by atoms with van der Waals surface area (Å²) in [6.45, 7) is 46.3. The number of likely N-dealkylation sites (tertiary alicyclic amines) is 2. The van der Waals surface area contributed by atoms with Crippen LogP contribution >= 0.6 is 0 Å². The molecule has 8 aliphatic rings. The van der Waals surface area contributed by atoms with Crippen molar-refractivity contribution in [2.24, 2.45) is 68.0 Å². The summed E-state index contributed by atoms with van der Waals surface area (Å²) in [6.07, 6.45) is 33.3. The Morgan fingerprint density at radius 2 is 0.688 bits per heavy atom. The molecule has 18 nitrogen and oxygen atoms in total. The van der Waals surface area contributed by atoms with E-state index in [1.165, 1.54) is 135 Å². The normalized spacial score (nSPS) is 25.3. The molecule has 6 saturated carbocycles. The first-order valence-corrected chi connectivity index (χ1v) is 42.9. The number of nitrogens with zero attached hydrogens (tertiary/aromatic N) is 3. The first kappa shape index (κ1) is 93.9. The van der Waals surface area contributed by atoms with Crippen LogP contribution in [-0.4, -0.2) is 143 Å². The van der Waals surface area contributed by atoms with E-state index < -0.39 is 0 Å². The molecule has 2 aromatic carbocycles. The zero-order chi connectivity index (χ0) is 80.9. The quantitative estimate of drug-likeness (QED) is 0.0762. The van der Waals surface area contributed by atoms with Crippen molar-refractivity contribution in [3.63, 3.8) is 0 Å². The molecule has 624 valence electrons. The van der Waals surface area contributed by atoms with Crippen LogP contribution in [0.2, 0.25) is 0 Å². The lowest BCUT2D eigenvalue weighted by Crippen LogP contribution is -2.50. The lowest BCUT2D eigenvalue weighted by Gasteiger charge is -2.32. The van der Waals surface area contributed by atoms with Crippen molar-refractivity contribution in [2.45, 2.75) is 347 Å². The van der Waals surface area contributed by atoms with Crippen molar-refractivity contribution < 1.29 is 38.2 Å². The van der Waals surface area contributed by atoms with Gasteiger partial charge in [-0.15, -0.1) is 0 Å². The minimum absolute atomic E-state index is 0.0206. The Labute approximate surface area is 665 Å². The first-order chi connectivity index (χ1) is 50.9. The van der Waals surface area contributed by atoms with Gasteiger partial charge in [-0.2, -0.15) is 0 Å². The second-order valence-electron chi connectivity index (χ2n) is 41.5. The van der Waals surface area contributed by atoms with Crippen LogP contribution in [0.3, 0.4) is 0 Å². The highest BCUT2D eigenvalue weighted by Gasteiger charge is 2.36. The second-order valence-corrected chi connectivity index (χ2v) is 41.5. The van der Waals surface area contributed by atoms with Gasteiger partial charge in [-0.05, 0) is 277 Å². The van der Waals surface area contributed by atoms with E-state index in [0.29, 0.717) is 81.9 Å². The molecule has 12 unspecified atom stereocenters. The molecule has 109 heavy (non-hydrogen) atoms. The van der Waals surface area contributed by atoms with Gasteiger partial charge in [-0.25, -0.2) is 24.0 Å². The molecule has 7 N–H and O–H groups in total. The fourth-order valence-corrected chi connectivity index (χ4v) is 18.3. The fourth-order valence-electron chi connectivity index (χ4n) is 18.3. The molecular weight excluding hydrogens is 1360 g/mol. The van der Waals surface area contributed by atoms with Crippen LogP contribution in [0.5, 0.6) is 11.5 Å². The van der Waals surface area contributed by atoms with Crippen LogP contribution in [-0.2, 0) is 17.8 Å². The van der Waals surface area contributed by atoms with Gasteiger partial charge in [0.1, 0.15) is 11.5 Å². The largest absolute Gasteiger partial charge is 0.497 e. The summed E-state index contributed by atoms with van der Waals surface area (Å²) in [4.78, 5) is 65.0. The van der Waals surface area contributed by atoms with Crippen molar-refractivity contribution in [1.29, 1.82) is 0 Å². The molecule has 10 amide bonds. The van der Waals surface area contributed by atoms with E-state index in [0.717, 1.165) is 123 Å². The SMILES string of the molecule is CC(C)(C)CC1CCC(NC(=O)N2CCC2)C1.CC(C)(C)CC1CCC(NC(=O)N2CCCC2)C1.CNC(=O)NC1CCC(CC(C)(C)C)C1.COC1CCC(CC(C)(C)C)C1.COc1ccc(CN(C)C(=O)NC2CCC(CC(C)(C)C)C2)cc1.COc1ccc(CNC(=O)NC2CCC(CC(C)(C)C)C2)cc1. The molecule has 0 bridgehead atoms. The molecule has 10 rings (SSSR count). The Morgan fingerprint density at radius 1 is 0.385 bits per heavy atom. The molecule has 2 saturated heterocycles. The number of nitrogens with one attached hydrogen (secondary N) is 7. The monoisotopic (exact) mass is 1520 g/mol. The van der Waals surface area contributed by atoms with Crippen LogP contribution in [0, 0.1) is 68.0 Å². The van der Waals surface area contributed by atoms with E-state index in [9.17, 15) is 24.0 Å². The summed E-state index contributed by atoms with van der Waals surface area (Å²) < 4.78 is 15.6. The number of hydrogen-bond acceptors (Lipinski definition) is 8. The summed E-state index contributed by atoms with van der Waals surface area (Å²) in [5.74, 6) is 6.44. The number of carbonyl (C=O) groups is 5. The highest BCUT2D eigenvalue weighted by molar-refractivity contribution is 5.76. The first-order valence-electron chi connectivity index (χ1n) is 42.9. The van der Waals surface area contributed by atoms with Gasteiger partial charge in [0.25, 0.3) is 0 Å². The summed E-state index contributed by atoms with van der Waals surface area (Å²) in [5.41, 5.74) is 4.65. The minimum Gasteiger partial charge on any atom is -0.497 e. The van der Waals surface area contributed by atoms with E-state index >= 15 is 0 Å². The van der Waals surface area contributed by atoms with E-state index in [1.54, 1.807) is 26.2 Å². The molecule has 2 heterocycles.